The molecular weight excluding hydrogens is 990 g/mol. The molecule has 1 saturated heterocycles. The maximum absolute atomic E-state index is 14.2. The molecule has 8 atom stereocenters. The van der Waals surface area contributed by atoms with E-state index in [-0.39, 0.29) is 25.2 Å². The van der Waals surface area contributed by atoms with E-state index < -0.39 is 54.9 Å². The number of carbonyl (C=O) groups is 2. The van der Waals surface area contributed by atoms with Gasteiger partial charge in [0.1, 0.15) is 30.5 Å². The van der Waals surface area contributed by atoms with E-state index in [0.717, 1.165) is 148 Å². The van der Waals surface area contributed by atoms with E-state index in [1.165, 1.54) is 64.2 Å². The first-order valence-corrected chi connectivity index (χ1v) is 32.1. The molecule has 1 aliphatic heterocycles. The molecular formula is C62H119F3N2O10. The SMILES string of the molecule is CCCCCCCCCCCCCC[C@@H](OCCCC)[C@@H](OCCCC)[C@H](CO[C@H]1OC(COCCCC)[C@H](OCCCC)[C@H](OCCCC)C1OCCCC)NC(=O)CCCCCCCCCCCNC(=O)C(F)(F)F. The molecule has 0 aromatic rings. The van der Waals surface area contributed by atoms with Crippen LogP contribution in [0.3, 0.4) is 0 Å². The second-order valence-electron chi connectivity index (χ2n) is 21.9. The van der Waals surface area contributed by atoms with Crippen LogP contribution in [0.2, 0.25) is 0 Å². The van der Waals surface area contributed by atoms with Gasteiger partial charge in [0.05, 0.1) is 25.4 Å². The van der Waals surface area contributed by atoms with Crippen molar-refractivity contribution >= 4 is 11.8 Å². The molecule has 15 heteroatoms. The second-order valence-corrected chi connectivity index (χ2v) is 21.9. The summed E-state index contributed by atoms with van der Waals surface area (Å²) in [6, 6.07) is -0.540. The van der Waals surface area contributed by atoms with Gasteiger partial charge in [-0.2, -0.15) is 13.2 Å². The number of amides is 2. The summed E-state index contributed by atoms with van der Waals surface area (Å²) in [6.45, 7) is 19.1. The van der Waals surface area contributed by atoms with E-state index in [0.29, 0.717) is 59.1 Å². The fourth-order valence-electron chi connectivity index (χ4n) is 9.65. The first-order valence-electron chi connectivity index (χ1n) is 32.1. The average molecular weight is 1110 g/mol. The molecule has 12 nitrogen and oxygen atoms in total. The molecule has 0 radical (unpaired) electrons. The van der Waals surface area contributed by atoms with Crippen molar-refractivity contribution in [2.75, 3.05) is 59.4 Å². The summed E-state index contributed by atoms with van der Waals surface area (Å²) in [6.07, 6.45) is 27.4. The molecule has 0 aromatic heterocycles. The van der Waals surface area contributed by atoms with Crippen molar-refractivity contribution in [3.63, 3.8) is 0 Å². The molecule has 0 spiro atoms. The Morgan fingerprint density at radius 2 is 0.922 bits per heavy atom. The zero-order valence-electron chi connectivity index (χ0n) is 50.4. The number of rotatable bonds is 56. The minimum absolute atomic E-state index is 0.0337. The van der Waals surface area contributed by atoms with Crippen molar-refractivity contribution in [2.24, 2.45) is 0 Å². The van der Waals surface area contributed by atoms with Gasteiger partial charge in [0.15, 0.2) is 6.29 Å². The van der Waals surface area contributed by atoms with Crippen molar-refractivity contribution in [3.8, 4) is 0 Å². The molecule has 2 amide bonds. The number of hydrogen-bond donors (Lipinski definition) is 2. The van der Waals surface area contributed by atoms with Crippen LogP contribution >= 0.6 is 0 Å². The van der Waals surface area contributed by atoms with Gasteiger partial charge in [-0.1, -0.05) is 209 Å². The molecule has 0 saturated carbocycles. The third kappa shape index (κ3) is 37.9. The molecule has 77 heavy (non-hydrogen) atoms. The molecule has 458 valence electrons. The summed E-state index contributed by atoms with van der Waals surface area (Å²) in [5, 5.41) is 5.38. The van der Waals surface area contributed by atoms with Gasteiger partial charge in [0, 0.05) is 52.6 Å². The Balaban J connectivity index is 3.42. The van der Waals surface area contributed by atoms with Crippen LogP contribution in [0.1, 0.15) is 273 Å². The van der Waals surface area contributed by atoms with Gasteiger partial charge in [0.25, 0.3) is 0 Å². The lowest BCUT2D eigenvalue weighted by molar-refractivity contribution is -0.325. The van der Waals surface area contributed by atoms with Crippen LogP contribution in [0.5, 0.6) is 0 Å². The monoisotopic (exact) mass is 1110 g/mol. The third-order valence-electron chi connectivity index (χ3n) is 14.6. The molecule has 1 rings (SSSR count). The van der Waals surface area contributed by atoms with Crippen LogP contribution < -0.4 is 10.6 Å². The number of ether oxygens (including phenoxy) is 8. The fraction of sp³-hybridized carbons (Fsp3) is 0.968. The van der Waals surface area contributed by atoms with Gasteiger partial charge >= 0.3 is 12.1 Å². The molecule has 0 aromatic carbocycles. The summed E-state index contributed by atoms with van der Waals surface area (Å²) in [4.78, 5) is 25.3. The number of unbranched alkanes of at least 4 members (excludes halogenated alkanes) is 25. The predicted octanol–water partition coefficient (Wildman–Crippen LogP) is 15.6. The van der Waals surface area contributed by atoms with E-state index >= 15 is 0 Å². The maximum Gasteiger partial charge on any atom is 0.471 e. The zero-order chi connectivity index (χ0) is 56.5. The standard InChI is InChI=1S/C62H119F3N2O10/c1-8-15-22-23-24-25-26-27-29-32-35-38-41-53(71-45-17-10-3)56(72-46-18-11-4)52(67-55(68)42-39-36-33-30-28-31-34-37-40-43-66-61(69)62(63,64)65)50-76-60-59(75-49-21-14-7)58(74-48-20-13-6)57(73-47-19-12-5)54(77-60)51-70-44-16-9-2/h52-54,56-60H,8-51H2,1-7H3,(H,66,69)(H,67,68)/t52-,53+,54?,56-,57-,58-,59?,60-/m0/s1. The lowest BCUT2D eigenvalue weighted by Crippen LogP contribution is -2.63. The maximum atomic E-state index is 14.2. The molecule has 2 unspecified atom stereocenters. The minimum atomic E-state index is -4.84. The van der Waals surface area contributed by atoms with Crippen molar-refractivity contribution in [2.45, 2.75) is 328 Å². The highest BCUT2D eigenvalue weighted by Crippen LogP contribution is 2.31. The summed E-state index contributed by atoms with van der Waals surface area (Å²) in [7, 11) is 0. The summed E-state index contributed by atoms with van der Waals surface area (Å²) in [5.74, 6) is -1.93. The van der Waals surface area contributed by atoms with Gasteiger partial charge in [-0.05, 0) is 57.8 Å². The number of halogens is 3. The lowest BCUT2D eigenvalue weighted by Gasteiger charge is -2.46. The largest absolute Gasteiger partial charge is 0.471 e. The number of carbonyl (C=O) groups excluding carboxylic acids is 2. The van der Waals surface area contributed by atoms with Gasteiger partial charge in [-0.3, -0.25) is 9.59 Å². The second kappa shape index (κ2) is 51.3. The fourth-order valence-corrected chi connectivity index (χ4v) is 9.65. The van der Waals surface area contributed by atoms with Crippen molar-refractivity contribution in [1.82, 2.24) is 10.6 Å². The van der Waals surface area contributed by atoms with Gasteiger partial charge in [-0.15, -0.1) is 0 Å². The van der Waals surface area contributed by atoms with Gasteiger partial charge in [-0.25, -0.2) is 0 Å². The topological polar surface area (TPSA) is 132 Å². The zero-order valence-corrected chi connectivity index (χ0v) is 50.4. The van der Waals surface area contributed by atoms with Crippen LogP contribution in [0.4, 0.5) is 13.2 Å². The van der Waals surface area contributed by atoms with Crippen LogP contribution in [0, 0.1) is 0 Å². The first kappa shape index (κ1) is 73.4. The van der Waals surface area contributed by atoms with Crippen LogP contribution in [-0.2, 0) is 47.5 Å². The van der Waals surface area contributed by atoms with E-state index in [2.05, 4.69) is 53.8 Å². The average Bonchev–Trinajstić information content (AvgIpc) is 3.41. The van der Waals surface area contributed by atoms with Crippen LogP contribution in [0.15, 0.2) is 0 Å². The summed E-state index contributed by atoms with van der Waals surface area (Å²) < 4.78 is 91.6. The molecule has 1 fully saturated rings. The Kier molecular flexibility index (Phi) is 48.9. The number of hydrogen-bond acceptors (Lipinski definition) is 10. The minimum Gasteiger partial charge on any atom is -0.379 e. The number of nitrogens with one attached hydrogen (secondary N) is 2. The Bertz CT molecular complexity index is 1320. The smallest absolute Gasteiger partial charge is 0.379 e. The highest BCUT2D eigenvalue weighted by molar-refractivity contribution is 5.81. The molecule has 0 aliphatic carbocycles. The lowest BCUT2D eigenvalue weighted by atomic mass is 9.97. The molecule has 0 bridgehead atoms. The molecule has 1 aliphatic rings. The van der Waals surface area contributed by atoms with E-state index in [4.69, 9.17) is 37.9 Å². The Morgan fingerprint density at radius 1 is 0.481 bits per heavy atom. The van der Waals surface area contributed by atoms with Crippen LogP contribution in [0.25, 0.3) is 0 Å². The van der Waals surface area contributed by atoms with Crippen molar-refractivity contribution in [3.05, 3.63) is 0 Å². The highest BCUT2D eigenvalue weighted by Gasteiger charge is 2.49. The summed E-state index contributed by atoms with van der Waals surface area (Å²) in [5.41, 5.74) is 0. The molecule has 1 heterocycles. The Labute approximate surface area is 469 Å². The van der Waals surface area contributed by atoms with Crippen molar-refractivity contribution in [1.29, 1.82) is 0 Å². The third-order valence-corrected chi connectivity index (χ3v) is 14.6. The van der Waals surface area contributed by atoms with Gasteiger partial charge in [0.2, 0.25) is 5.91 Å². The van der Waals surface area contributed by atoms with E-state index in [1.807, 2.05) is 5.32 Å². The van der Waals surface area contributed by atoms with Crippen molar-refractivity contribution < 1.29 is 60.7 Å². The summed E-state index contributed by atoms with van der Waals surface area (Å²) >= 11 is 0. The Morgan fingerprint density at radius 3 is 1.45 bits per heavy atom. The van der Waals surface area contributed by atoms with Gasteiger partial charge < -0.3 is 48.5 Å². The Hall–Kier alpha value is -1.59. The highest BCUT2D eigenvalue weighted by atomic mass is 19.4. The van der Waals surface area contributed by atoms with Crippen LogP contribution in [-0.4, -0.2) is 126 Å². The first-order chi connectivity index (χ1) is 37.5. The normalized spacial score (nSPS) is 19.1. The van der Waals surface area contributed by atoms with E-state index in [9.17, 15) is 22.8 Å². The predicted molar refractivity (Wildman–Crippen MR) is 306 cm³/mol. The quantitative estimate of drug-likeness (QED) is 0.0568. The molecule has 2 N–H and O–H groups in total. The number of alkyl halides is 3. The van der Waals surface area contributed by atoms with E-state index in [1.54, 1.807) is 0 Å².